The van der Waals surface area contributed by atoms with E-state index in [1.807, 2.05) is 0 Å². The number of aliphatic hydroxyl groups is 1. The molecule has 0 amide bonds. The van der Waals surface area contributed by atoms with Gasteiger partial charge in [0.25, 0.3) is 0 Å². The Morgan fingerprint density at radius 3 is 2.78 bits per heavy atom. The number of thioether (sulfide) groups is 1. The van der Waals surface area contributed by atoms with Gasteiger partial charge < -0.3 is 15.3 Å². The zero-order chi connectivity index (χ0) is 13.0. The molecule has 1 aliphatic heterocycles. The summed E-state index contributed by atoms with van der Waals surface area (Å²) in [5, 5.41) is 32.1. The maximum Gasteiger partial charge on any atom is 0.177 e. The first-order valence-electron chi connectivity index (χ1n) is 5.33. The fourth-order valence-electron chi connectivity index (χ4n) is 1.40. The van der Waals surface area contributed by atoms with Crippen LogP contribution in [0.4, 0.5) is 0 Å². The van der Waals surface area contributed by atoms with E-state index in [9.17, 15) is 10.2 Å². The highest BCUT2D eigenvalue weighted by Crippen LogP contribution is 2.26. The van der Waals surface area contributed by atoms with Crippen molar-refractivity contribution in [1.82, 2.24) is 5.43 Å². The second-order valence-electron chi connectivity index (χ2n) is 3.57. The van der Waals surface area contributed by atoms with Crippen molar-refractivity contribution in [3.05, 3.63) is 23.8 Å². The Morgan fingerprint density at radius 2 is 2.17 bits per heavy atom. The molecule has 1 heterocycles. The number of aliphatic hydroxyl groups excluding tert-OH is 1. The first-order chi connectivity index (χ1) is 8.70. The van der Waals surface area contributed by atoms with Gasteiger partial charge in [-0.25, -0.2) is 0 Å². The molecule has 0 radical (unpaired) electrons. The lowest BCUT2D eigenvalue weighted by Gasteiger charge is -2.15. The predicted molar refractivity (Wildman–Crippen MR) is 71.3 cm³/mol. The molecule has 7 heteroatoms. The fraction of sp³-hybridized carbons (Fsp3) is 0.273. The highest BCUT2D eigenvalue weighted by Gasteiger charge is 2.14. The zero-order valence-electron chi connectivity index (χ0n) is 9.50. The van der Waals surface area contributed by atoms with Gasteiger partial charge in [-0.15, -0.1) is 0 Å². The molecule has 1 aromatic rings. The van der Waals surface area contributed by atoms with Crippen molar-refractivity contribution >= 4 is 22.6 Å². The second-order valence-corrected chi connectivity index (χ2v) is 4.54. The van der Waals surface area contributed by atoms with Crippen molar-refractivity contribution < 1.29 is 15.3 Å². The molecule has 0 unspecified atom stereocenters. The molecule has 0 aromatic heterocycles. The molecule has 0 fully saturated rings. The van der Waals surface area contributed by atoms with E-state index in [1.165, 1.54) is 23.9 Å². The molecule has 6 nitrogen and oxygen atoms in total. The normalized spacial score (nSPS) is 17.4. The predicted octanol–water partition coefficient (Wildman–Crippen LogP) is 0.487. The third kappa shape index (κ3) is 2.93. The van der Waals surface area contributed by atoms with E-state index < -0.39 is 0 Å². The molecule has 1 aromatic carbocycles. The van der Waals surface area contributed by atoms with Crippen LogP contribution in [0.1, 0.15) is 5.56 Å². The van der Waals surface area contributed by atoms with Gasteiger partial charge in [0, 0.05) is 11.3 Å². The standard InChI is InChI=1S/C11H13N3O3S/c15-4-3-12-11-14-13-8(6-18-11)7-1-2-9(16)10(17)5-7/h1-2,5,15-17H,3-4,6H2,(H,12,14). The van der Waals surface area contributed by atoms with E-state index >= 15 is 0 Å². The molecular weight excluding hydrogens is 254 g/mol. The van der Waals surface area contributed by atoms with Gasteiger partial charge in [-0.05, 0) is 18.2 Å². The number of aromatic hydroxyl groups is 2. The van der Waals surface area contributed by atoms with Gasteiger partial charge in [0.05, 0.1) is 18.9 Å². The average Bonchev–Trinajstić information content (AvgIpc) is 2.40. The number of hydrogen-bond donors (Lipinski definition) is 4. The fourth-order valence-corrected chi connectivity index (χ4v) is 2.20. The highest BCUT2D eigenvalue weighted by atomic mass is 32.2. The molecule has 0 spiro atoms. The van der Waals surface area contributed by atoms with Crippen LogP contribution in [0.15, 0.2) is 28.3 Å². The minimum Gasteiger partial charge on any atom is -0.504 e. The van der Waals surface area contributed by atoms with Gasteiger partial charge in [-0.1, -0.05) is 11.8 Å². The van der Waals surface area contributed by atoms with Crippen LogP contribution in [0.2, 0.25) is 0 Å². The van der Waals surface area contributed by atoms with Crippen LogP contribution >= 0.6 is 11.8 Å². The zero-order valence-corrected chi connectivity index (χ0v) is 10.3. The van der Waals surface area contributed by atoms with Crippen LogP contribution in [0.5, 0.6) is 11.5 Å². The second kappa shape index (κ2) is 5.74. The summed E-state index contributed by atoms with van der Waals surface area (Å²) in [6.45, 7) is 0.355. The molecule has 0 saturated carbocycles. The van der Waals surface area contributed by atoms with Crippen molar-refractivity contribution in [3.8, 4) is 11.5 Å². The number of phenols is 2. The van der Waals surface area contributed by atoms with E-state index in [4.69, 9.17) is 5.11 Å². The van der Waals surface area contributed by atoms with Crippen molar-refractivity contribution in [1.29, 1.82) is 0 Å². The first-order valence-corrected chi connectivity index (χ1v) is 6.32. The minimum absolute atomic E-state index is 0.00808. The van der Waals surface area contributed by atoms with Crippen LogP contribution in [0.3, 0.4) is 0 Å². The summed E-state index contributed by atoms with van der Waals surface area (Å²) in [5.41, 5.74) is 4.29. The number of aliphatic imine (C=N–C) groups is 1. The van der Waals surface area contributed by atoms with Crippen molar-refractivity contribution in [2.45, 2.75) is 0 Å². The van der Waals surface area contributed by atoms with Crippen LogP contribution in [-0.4, -0.2) is 45.1 Å². The lowest BCUT2D eigenvalue weighted by Crippen LogP contribution is -2.25. The molecule has 18 heavy (non-hydrogen) atoms. The summed E-state index contributed by atoms with van der Waals surface area (Å²) in [5.74, 6) is 0.294. The van der Waals surface area contributed by atoms with E-state index in [0.29, 0.717) is 17.5 Å². The summed E-state index contributed by atoms with van der Waals surface area (Å²) in [6.07, 6.45) is 0. The van der Waals surface area contributed by atoms with E-state index in [2.05, 4.69) is 15.5 Å². The van der Waals surface area contributed by atoms with Gasteiger partial charge >= 0.3 is 0 Å². The minimum atomic E-state index is -0.167. The molecule has 0 saturated heterocycles. The highest BCUT2D eigenvalue weighted by molar-refractivity contribution is 8.14. The molecule has 0 bridgehead atoms. The Morgan fingerprint density at radius 1 is 1.33 bits per heavy atom. The Bertz CT molecular complexity index is 502. The maximum absolute atomic E-state index is 9.42. The molecule has 0 aliphatic carbocycles. The monoisotopic (exact) mass is 267 g/mol. The Hall–Kier alpha value is -1.73. The molecule has 1 aliphatic rings. The van der Waals surface area contributed by atoms with Gasteiger partial charge in [-0.2, -0.15) is 5.10 Å². The van der Waals surface area contributed by atoms with Crippen molar-refractivity contribution in [2.75, 3.05) is 18.9 Å². The Balaban J connectivity index is 2.11. The number of hydrogen-bond acceptors (Lipinski definition) is 6. The van der Waals surface area contributed by atoms with Gasteiger partial charge in [0.1, 0.15) is 0 Å². The van der Waals surface area contributed by atoms with Gasteiger partial charge in [0.15, 0.2) is 16.7 Å². The molecule has 2 rings (SSSR count). The summed E-state index contributed by atoms with van der Waals surface area (Å²) in [4.78, 5) is 4.08. The van der Waals surface area contributed by atoms with Gasteiger partial charge in [0.2, 0.25) is 0 Å². The van der Waals surface area contributed by atoms with Crippen molar-refractivity contribution in [3.63, 3.8) is 0 Å². The SMILES string of the molecule is OCCN=C1NN=C(c2ccc(O)c(O)c2)CS1. The average molecular weight is 267 g/mol. The number of nitrogens with zero attached hydrogens (tertiary/aromatic N) is 2. The number of rotatable bonds is 3. The molecule has 96 valence electrons. The lowest BCUT2D eigenvalue weighted by molar-refractivity contribution is 0.307. The van der Waals surface area contributed by atoms with Gasteiger partial charge in [-0.3, -0.25) is 10.4 Å². The summed E-state index contributed by atoms with van der Waals surface area (Å²) < 4.78 is 0. The first kappa shape index (κ1) is 12.7. The molecular formula is C11H13N3O3S. The summed E-state index contributed by atoms with van der Waals surface area (Å²) in [7, 11) is 0. The smallest absolute Gasteiger partial charge is 0.177 e. The Kier molecular flexibility index (Phi) is 4.06. The van der Waals surface area contributed by atoms with Crippen LogP contribution in [0.25, 0.3) is 0 Å². The largest absolute Gasteiger partial charge is 0.504 e. The number of benzene rings is 1. The lowest BCUT2D eigenvalue weighted by atomic mass is 10.1. The summed E-state index contributed by atoms with van der Waals surface area (Å²) >= 11 is 1.47. The van der Waals surface area contributed by atoms with Crippen LogP contribution < -0.4 is 5.43 Å². The van der Waals surface area contributed by atoms with Crippen molar-refractivity contribution in [2.24, 2.45) is 10.1 Å². The third-order valence-corrected chi connectivity index (χ3v) is 3.21. The van der Waals surface area contributed by atoms with Crippen LogP contribution in [-0.2, 0) is 0 Å². The van der Waals surface area contributed by atoms with Crippen LogP contribution in [0, 0.1) is 0 Å². The molecule has 0 atom stereocenters. The summed E-state index contributed by atoms with van der Waals surface area (Å²) in [6, 6.07) is 4.57. The topological polar surface area (TPSA) is 97.4 Å². The van der Waals surface area contributed by atoms with E-state index in [1.54, 1.807) is 6.07 Å². The third-order valence-electron chi connectivity index (χ3n) is 2.30. The number of nitrogens with one attached hydrogen (secondary N) is 1. The maximum atomic E-state index is 9.42. The number of amidine groups is 1. The molecule has 4 N–H and O–H groups in total. The number of hydrazone groups is 1. The Labute approximate surface area is 108 Å². The van der Waals surface area contributed by atoms with E-state index in [-0.39, 0.29) is 18.1 Å². The number of phenolic OH excluding ortho intramolecular Hbond substituents is 2. The van der Waals surface area contributed by atoms with E-state index in [0.717, 1.165) is 11.3 Å². The quantitative estimate of drug-likeness (QED) is 0.597.